The molecule has 2 aromatic rings. The molecule has 2 aliphatic heterocycles. The Morgan fingerprint density at radius 2 is 1.81 bits per heavy atom. The molecule has 140 valence electrons. The van der Waals surface area contributed by atoms with E-state index in [1.165, 1.54) is 11.9 Å². The molecule has 2 fully saturated rings. The number of piperidine rings is 1. The van der Waals surface area contributed by atoms with E-state index in [1.54, 1.807) is 28.3 Å². The fraction of sp³-hybridized carbons (Fsp3) is 0.350. The third-order valence-electron chi connectivity index (χ3n) is 5.64. The van der Waals surface area contributed by atoms with Crippen molar-refractivity contribution in [2.24, 2.45) is 0 Å². The predicted octanol–water partition coefficient (Wildman–Crippen LogP) is 2.08. The zero-order valence-corrected chi connectivity index (χ0v) is 15.2. The van der Waals surface area contributed by atoms with Crippen LogP contribution >= 0.6 is 0 Å². The summed E-state index contributed by atoms with van der Waals surface area (Å²) in [5.74, 6) is -0.219. The van der Waals surface area contributed by atoms with E-state index in [0.29, 0.717) is 38.0 Å². The molecular weight excluding hydrogens is 344 g/mol. The third-order valence-corrected chi connectivity index (χ3v) is 5.64. The lowest BCUT2D eigenvalue weighted by Crippen LogP contribution is -2.57. The minimum Gasteiger partial charge on any atom is -0.367 e. The molecule has 0 unspecified atom stereocenters. The monoisotopic (exact) mass is 366 g/mol. The van der Waals surface area contributed by atoms with Gasteiger partial charge in [-0.25, -0.2) is 4.79 Å². The molecule has 27 heavy (non-hydrogen) atoms. The number of carbonyl (C=O) groups is 3. The molecule has 4 amide bonds. The number of hydrogen-bond acceptors (Lipinski definition) is 3. The smallest absolute Gasteiger partial charge is 0.327 e. The maximum Gasteiger partial charge on any atom is 0.327 e. The summed E-state index contributed by atoms with van der Waals surface area (Å²) in [6.07, 6.45) is 4.29. The second kappa shape index (κ2) is 6.57. The number of urea groups is 1. The largest absolute Gasteiger partial charge is 0.367 e. The summed E-state index contributed by atoms with van der Waals surface area (Å²) in [6, 6.07) is 11.1. The van der Waals surface area contributed by atoms with Crippen LogP contribution in [0, 0.1) is 0 Å². The number of nitrogens with zero attached hydrogens (tertiary/aromatic N) is 3. The summed E-state index contributed by atoms with van der Waals surface area (Å²) in [5, 5.41) is 0. The number of likely N-dealkylation sites (N-methyl/N-ethyl adjacent to an activating group) is 1. The number of nitrogens with one attached hydrogen (secondary N) is 1. The summed E-state index contributed by atoms with van der Waals surface area (Å²) < 4.78 is 0. The number of aromatic nitrogens is 1. The molecular formula is C20H22N4O3. The summed E-state index contributed by atoms with van der Waals surface area (Å²) in [6.45, 7) is 1.28. The van der Waals surface area contributed by atoms with Crippen molar-refractivity contribution in [2.45, 2.75) is 24.9 Å². The van der Waals surface area contributed by atoms with Crippen LogP contribution in [-0.4, -0.2) is 63.2 Å². The maximum atomic E-state index is 13.0. The molecule has 2 saturated heterocycles. The van der Waals surface area contributed by atoms with Gasteiger partial charge in [-0.3, -0.25) is 14.5 Å². The van der Waals surface area contributed by atoms with Crippen LogP contribution in [0.25, 0.3) is 0 Å². The van der Waals surface area contributed by atoms with Gasteiger partial charge >= 0.3 is 6.03 Å². The van der Waals surface area contributed by atoms with Crippen LogP contribution in [0.4, 0.5) is 4.79 Å². The molecule has 4 rings (SSSR count). The lowest BCUT2D eigenvalue weighted by atomic mass is 9.85. The van der Waals surface area contributed by atoms with Gasteiger partial charge in [0, 0.05) is 39.1 Å². The first kappa shape index (κ1) is 17.3. The van der Waals surface area contributed by atoms with Crippen molar-refractivity contribution in [3.8, 4) is 0 Å². The van der Waals surface area contributed by atoms with Gasteiger partial charge in [0.2, 0.25) is 0 Å². The normalized spacial score (nSPS) is 19.2. The quantitative estimate of drug-likeness (QED) is 0.845. The SMILES string of the molecule is CN1C(=O)N(Cc2ccccc2)C2(CCN(C(=O)c3cc[nH]c3)CC2)C1=O. The molecule has 0 bridgehead atoms. The number of imide groups is 1. The number of rotatable bonds is 3. The van der Waals surface area contributed by atoms with Crippen molar-refractivity contribution in [2.75, 3.05) is 20.1 Å². The molecule has 3 heterocycles. The van der Waals surface area contributed by atoms with Gasteiger partial charge in [-0.1, -0.05) is 30.3 Å². The molecule has 0 atom stereocenters. The van der Waals surface area contributed by atoms with Crippen molar-refractivity contribution < 1.29 is 14.4 Å². The van der Waals surface area contributed by atoms with E-state index in [1.807, 2.05) is 30.3 Å². The van der Waals surface area contributed by atoms with Crippen LogP contribution in [0.3, 0.4) is 0 Å². The van der Waals surface area contributed by atoms with Gasteiger partial charge in [0.25, 0.3) is 11.8 Å². The molecule has 0 radical (unpaired) electrons. The summed E-state index contributed by atoms with van der Waals surface area (Å²) in [7, 11) is 1.54. The Morgan fingerprint density at radius 3 is 2.44 bits per heavy atom. The molecule has 2 aliphatic rings. The molecule has 0 saturated carbocycles. The number of amides is 4. The topological polar surface area (TPSA) is 76.7 Å². The van der Waals surface area contributed by atoms with E-state index in [0.717, 1.165) is 5.56 Å². The third kappa shape index (κ3) is 2.79. The van der Waals surface area contributed by atoms with Crippen LogP contribution in [0.2, 0.25) is 0 Å². The molecule has 1 spiro atoms. The van der Waals surface area contributed by atoms with E-state index in [4.69, 9.17) is 0 Å². The van der Waals surface area contributed by atoms with E-state index in [2.05, 4.69) is 4.98 Å². The number of aromatic amines is 1. The van der Waals surface area contributed by atoms with Crippen LogP contribution in [-0.2, 0) is 11.3 Å². The second-order valence-electron chi connectivity index (χ2n) is 7.14. The highest BCUT2D eigenvalue weighted by atomic mass is 16.2. The van der Waals surface area contributed by atoms with E-state index in [-0.39, 0.29) is 17.8 Å². The van der Waals surface area contributed by atoms with Gasteiger partial charge in [0.15, 0.2) is 0 Å². The fourth-order valence-corrected chi connectivity index (χ4v) is 4.07. The first-order valence-electron chi connectivity index (χ1n) is 9.09. The highest BCUT2D eigenvalue weighted by Gasteiger charge is 2.57. The summed E-state index contributed by atoms with van der Waals surface area (Å²) >= 11 is 0. The Morgan fingerprint density at radius 1 is 1.11 bits per heavy atom. The highest BCUT2D eigenvalue weighted by Crippen LogP contribution is 2.38. The van der Waals surface area contributed by atoms with Crippen molar-refractivity contribution in [3.63, 3.8) is 0 Å². The molecule has 1 N–H and O–H groups in total. The van der Waals surface area contributed by atoms with Gasteiger partial charge in [-0.05, 0) is 24.5 Å². The first-order valence-corrected chi connectivity index (χ1v) is 9.09. The van der Waals surface area contributed by atoms with Gasteiger partial charge in [0.05, 0.1) is 5.56 Å². The number of benzene rings is 1. The van der Waals surface area contributed by atoms with Gasteiger partial charge in [-0.15, -0.1) is 0 Å². The Bertz CT molecular complexity index is 855. The summed E-state index contributed by atoms with van der Waals surface area (Å²) in [5.41, 5.74) is 0.730. The van der Waals surface area contributed by atoms with Gasteiger partial charge in [0.1, 0.15) is 5.54 Å². The fourth-order valence-electron chi connectivity index (χ4n) is 4.07. The van der Waals surface area contributed by atoms with E-state index < -0.39 is 5.54 Å². The Balaban J connectivity index is 1.56. The van der Waals surface area contributed by atoms with Crippen LogP contribution in [0.1, 0.15) is 28.8 Å². The molecule has 1 aromatic carbocycles. The van der Waals surface area contributed by atoms with E-state index in [9.17, 15) is 14.4 Å². The Hall–Kier alpha value is -3.09. The standard InChI is InChI=1S/C20H22N4O3/c1-22-18(26)20(24(19(22)27)14-15-5-3-2-4-6-15)8-11-23(12-9-20)17(25)16-7-10-21-13-16/h2-7,10,13,21H,8-9,11-12,14H2,1H3. The average Bonchev–Trinajstić information content (AvgIpc) is 3.30. The number of carbonyl (C=O) groups excluding carboxylic acids is 3. The number of hydrogen-bond donors (Lipinski definition) is 1. The molecule has 7 nitrogen and oxygen atoms in total. The molecule has 7 heteroatoms. The zero-order valence-electron chi connectivity index (χ0n) is 15.2. The minimum absolute atomic E-state index is 0.0502. The van der Waals surface area contributed by atoms with Crippen molar-refractivity contribution in [1.82, 2.24) is 19.7 Å². The maximum absolute atomic E-state index is 13.0. The lowest BCUT2D eigenvalue weighted by Gasteiger charge is -2.42. The van der Waals surface area contributed by atoms with Crippen molar-refractivity contribution in [1.29, 1.82) is 0 Å². The van der Waals surface area contributed by atoms with E-state index >= 15 is 0 Å². The highest BCUT2D eigenvalue weighted by molar-refractivity contribution is 6.07. The van der Waals surface area contributed by atoms with Crippen molar-refractivity contribution >= 4 is 17.8 Å². The second-order valence-corrected chi connectivity index (χ2v) is 7.14. The number of H-pyrrole nitrogens is 1. The average molecular weight is 366 g/mol. The first-order chi connectivity index (χ1) is 13.0. The lowest BCUT2D eigenvalue weighted by molar-refractivity contribution is -0.134. The van der Waals surface area contributed by atoms with Crippen LogP contribution in [0.15, 0.2) is 48.8 Å². The predicted molar refractivity (Wildman–Crippen MR) is 98.8 cm³/mol. The molecule has 0 aliphatic carbocycles. The minimum atomic E-state index is -0.864. The van der Waals surface area contributed by atoms with Gasteiger partial charge < -0.3 is 14.8 Å². The van der Waals surface area contributed by atoms with Crippen LogP contribution < -0.4 is 0 Å². The van der Waals surface area contributed by atoms with Gasteiger partial charge in [-0.2, -0.15) is 0 Å². The van der Waals surface area contributed by atoms with Crippen molar-refractivity contribution in [3.05, 3.63) is 59.9 Å². The summed E-state index contributed by atoms with van der Waals surface area (Å²) in [4.78, 5) is 45.8. The Labute approximate surface area is 157 Å². The zero-order chi connectivity index (χ0) is 19.0. The molecule has 1 aromatic heterocycles. The number of likely N-dealkylation sites (tertiary alicyclic amines) is 1. The Kier molecular flexibility index (Phi) is 4.22. The van der Waals surface area contributed by atoms with Crippen LogP contribution in [0.5, 0.6) is 0 Å².